The van der Waals surface area contributed by atoms with Gasteiger partial charge >= 0.3 is 0 Å². The predicted molar refractivity (Wildman–Crippen MR) is 183 cm³/mol. The molecule has 0 heterocycles. The molecule has 4 aromatic carbocycles. The molecule has 11 heteroatoms. The minimum absolute atomic E-state index is 0.0298. The number of halogens is 2. The number of anilines is 1. The third-order valence-electron chi connectivity index (χ3n) is 7.59. The summed E-state index contributed by atoms with van der Waals surface area (Å²) in [4.78, 5) is 29.9. The molecule has 0 unspecified atom stereocenters. The van der Waals surface area contributed by atoms with Crippen LogP contribution in [-0.2, 0) is 32.6 Å². The fraction of sp³-hybridized carbons (Fsp3) is 0.257. The first-order chi connectivity index (χ1) is 22.0. The summed E-state index contributed by atoms with van der Waals surface area (Å²) < 4.78 is 34.9. The van der Waals surface area contributed by atoms with Crippen molar-refractivity contribution in [3.63, 3.8) is 0 Å². The maximum Gasteiger partial charge on any atom is 0.264 e. The van der Waals surface area contributed by atoms with Crippen LogP contribution >= 0.6 is 23.2 Å². The van der Waals surface area contributed by atoms with Crippen LogP contribution in [0.25, 0.3) is 0 Å². The highest BCUT2D eigenvalue weighted by atomic mass is 35.5. The van der Waals surface area contributed by atoms with E-state index in [2.05, 4.69) is 5.32 Å². The van der Waals surface area contributed by atoms with Gasteiger partial charge in [0.1, 0.15) is 18.3 Å². The smallest absolute Gasteiger partial charge is 0.264 e. The predicted octanol–water partition coefficient (Wildman–Crippen LogP) is 6.75. The van der Waals surface area contributed by atoms with Crippen LogP contribution in [-0.4, -0.2) is 50.9 Å². The summed E-state index contributed by atoms with van der Waals surface area (Å²) in [6.45, 7) is 3.14. The molecule has 242 valence electrons. The fourth-order valence-electron chi connectivity index (χ4n) is 4.90. The molecule has 0 aliphatic rings. The number of hydrogen-bond acceptors (Lipinski definition) is 5. The van der Waals surface area contributed by atoms with Crippen LogP contribution in [0.4, 0.5) is 5.69 Å². The average molecular weight is 683 g/mol. The summed E-state index contributed by atoms with van der Waals surface area (Å²) in [6.07, 6.45) is 0.866. The van der Waals surface area contributed by atoms with E-state index >= 15 is 0 Å². The third-order valence-corrected chi connectivity index (χ3v) is 9.97. The topological polar surface area (TPSA) is 96.0 Å². The number of carbonyl (C=O) groups is 2. The first kappa shape index (κ1) is 34.8. The molecule has 0 fully saturated rings. The molecule has 2 amide bonds. The Morgan fingerprint density at radius 2 is 1.52 bits per heavy atom. The maximum absolute atomic E-state index is 14.6. The number of benzene rings is 4. The van der Waals surface area contributed by atoms with Crippen molar-refractivity contribution in [2.75, 3.05) is 18.0 Å². The quantitative estimate of drug-likeness (QED) is 0.159. The lowest BCUT2D eigenvalue weighted by Gasteiger charge is -2.34. The highest BCUT2D eigenvalue weighted by Crippen LogP contribution is 2.35. The third kappa shape index (κ3) is 8.60. The molecule has 0 aliphatic heterocycles. The molecule has 46 heavy (non-hydrogen) atoms. The van der Waals surface area contributed by atoms with Gasteiger partial charge in [-0.05, 0) is 60.9 Å². The number of amides is 2. The van der Waals surface area contributed by atoms with E-state index in [1.54, 1.807) is 48.5 Å². The summed E-state index contributed by atoms with van der Waals surface area (Å²) >= 11 is 12.9. The number of nitrogens with one attached hydrogen (secondary N) is 1. The van der Waals surface area contributed by atoms with Crippen molar-refractivity contribution < 1.29 is 22.7 Å². The Morgan fingerprint density at radius 1 is 0.891 bits per heavy atom. The Hall–Kier alpha value is -4.05. The van der Waals surface area contributed by atoms with Gasteiger partial charge in [-0.15, -0.1) is 0 Å². The van der Waals surface area contributed by atoms with Crippen molar-refractivity contribution in [3.8, 4) is 5.75 Å². The molecule has 0 saturated heterocycles. The Kier molecular flexibility index (Phi) is 12.1. The number of rotatable bonds is 14. The van der Waals surface area contributed by atoms with Gasteiger partial charge in [-0.25, -0.2) is 8.42 Å². The lowest BCUT2D eigenvalue weighted by atomic mass is 10.0. The number of nitrogens with zero attached hydrogens (tertiary/aromatic N) is 2. The fourth-order valence-corrected chi connectivity index (χ4v) is 6.70. The largest absolute Gasteiger partial charge is 0.495 e. The summed E-state index contributed by atoms with van der Waals surface area (Å²) in [5, 5.41) is 3.68. The summed E-state index contributed by atoms with van der Waals surface area (Å²) in [6, 6.07) is 27.6. The number of sulfonamides is 1. The molecule has 0 aromatic heterocycles. The molecule has 4 rings (SSSR count). The van der Waals surface area contributed by atoms with Crippen LogP contribution < -0.4 is 14.4 Å². The molecule has 1 N–H and O–H groups in total. The van der Waals surface area contributed by atoms with E-state index in [9.17, 15) is 18.0 Å². The number of methoxy groups -OCH3 is 1. The van der Waals surface area contributed by atoms with Crippen LogP contribution in [0.5, 0.6) is 5.75 Å². The standard InChI is InChI=1S/C35H37Cl2N3O5S/c1-4-25(2)38-35(42)32(21-26-13-7-5-8-14-26)39(23-27-15-11-12-18-30(27)37)34(41)24-40(31-22-28(36)19-20-33(31)45-3)46(43,44)29-16-9-6-10-17-29/h5-20,22,25,32H,4,21,23-24H2,1-3H3,(H,38,42)/t25-,32+/m1/s1. The summed E-state index contributed by atoms with van der Waals surface area (Å²) in [7, 11) is -2.92. The second-order valence-corrected chi connectivity index (χ2v) is 13.5. The first-order valence-electron chi connectivity index (χ1n) is 14.8. The van der Waals surface area contributed by atoms with Gasteiger partial charge in [0.25, 0.3) is 10.0 Å². The Bertz CT molecular complexity index is 1740. The molecule has 0 spiro atoms. The Labute approximate surface area is 280 Å². The SMILES string of the molecule is CC[C@@H](C)NC(=O)[C@H](Cc1ccccc1)N(Cc1ccccc1Cl)C(=O)CN(c1cc(Cl)ccc1OC)S(=O)(=O)c1ccccc1. The van der Waals surface area contributed by atoms with E-state index in [4.69, 9.17) is 27.9 Å². The van der Waals surface area contributed by atoms with Gasteiger partial charge in [0.2, 0.25) is 11.8 Å². The highest BCUT2D eigenvalue weighted by molar-refractivity contribution is 7.92. The van der Waals surface area contributed by atoms with Crippen molar-refractivity contribution in [1.82, 2.24) is 10.2 Å². The second-order valence-electron chi connectivity index (χ2n) is 10.8. The van der Waals surface area contributed by atoms with Gasteiger partial charge in [-0.2, -0.15) is 0 Å². The molecule has 0 aliphatic carbocycles. The monoisotopic (exact) mass is 681 g/mol. The molecular formula is C35H37Cl2N3O5S. The van der Waals surface area contributed by atoms with E-state index in [1.807, 2.05) is 44.2 Å². The van der Waals surface area contributed by atoms with Crippen LogP contribution in [0.1, 0.15) is 31.4 Å². The van der Waals surface area contributed by atoms with Crippen molar-refractivity contribution >= 4 is 50.7 Å². The zero-order valence-electron chi connectivity index (χ0n) is 25.9. The Morgan fingerprint density at radius 3 is 2.15 bits per heavy atom. The molecule has 2 atom stereocenters. The lowest BCUT2D eigenvalue weighted by molar-refractivity contribution is -0.140. The zero-order chi connectivity index (χ0) is 33.3. The molecule has 0 radical (unpaired) electrons. The summed E-state index contributed by atoms with van der Waals surface area (Å²) in [5.74, 6) is -0.789. The summed E-state index contributed by atoms with van der Waals surface area (Å²) in [5.41, 5.74) is 1.51. The second kappa shape index (κ2) is 16.0. The number of ether oxygens (including phenoxy) is 1. The molecule has 8 nitrogen and oxygen atoms in total. The zero-order valence-corrected chi connectivity index (χ0v) is 28.2. The highest BCUT2D eigenvalue weighted by Gasteiger charge is 2.36. The van der Waals surface area contributed by atoms with Crippen LogP contribution in [0.3, 0.4) is 0 Å². The normalized spacial score (nSPS) is 12.5. The minimum Gasteiger partial charge on any atom is -0.495 e. The van der Waals surface area contributed by atoms with E-state index in [1.165, 1.54) is 36.3 Å². The van der Waals surface area contributed by atoms with Crippen LogP contribution in [0, 0.1) is 0 Å². The van der Waals surface area contributed by atoms with Gasteiger partial charge in [-0.1, -0.05) is 96.9 Å². The van der Waals surface area contributed by atoms with Gasteiger partial charge in [0.05, 0.1) is 17.7 Å². The average Bonchev–Trinajstić information content (AvgIpc) is 3.06. The molecular weight excluding hydrogens is 645 g/mol. The van der Waals surface area contributed by atoms with Gasteiger partial charge < -0.3 is 15.0 Å². The van der Waals surface area contributed by atoms with Crippen molar-refractivity contribution in [3.05, 3.63) is 124 Å². The van der Waals surface area contributed by atoms with Gasteiger partial charge in [-0.3, -0.25) is 13.9 Å². The van der Waals surface area contributed by atoms with Crippen molar-refractivity contribution in [2.45, 2.75) is 50.2 Å². The van der Waals surface area contributed by atoms with E-state index in [0.717, 1.165) is 9.87 Å². The van der Waals surface area contributed by atoms with Crippen LogP contribution in [0.2, 0.25) is 10.0 Å². The van der Waals surface area contributed by atoms with Crippen molar-refractivity contribution in [2.24, 2.45) is 0 Å². The van der Waals surface area contributed by atoms with Crippen LogP contribution in [0.15, 0.2) is 108 Å². The van der Waals surface area contributed by atoms with Gasteiger partial charge in [0, 0.05) is 29.1 Å². The first-order valence-corrected chi connectivity index (χ1v) is 17.0. The van der Waals surface area contributed by atoms with Crippen molar-refractivity contribution in [1.29, 1.82) is 0 Å². The number of carbonyl (C=O) groups excluding carboxylic acids is 2. The Balaban J connectivity index is 1.86. The lowest BCUT2D eigenvalue weighted by Crippen LogP contribution is -2.54. The number of hydrogen-bond donors (Lipinski definition) is 1. The van der Waals surface area contributed by atoms with E-state index < -0.39 is 28.5 Å². The molecule has 0 bridgehead atoms. The molecule has 0 saturated carbocycles. The maximum atomic E-state index is 14.6. The van der Waals surface area contributed by atoms with E-state index in [0.29, 0.717) is 17.0 Å². The minimum atomic E-state index is -4.32. The van der Waals surface area contributed by atoms with Gasteiger partial charge in [0.15, 0.2) is 0 Å². The molecule has 4 aromatic rings. The van der Waals surface area contributed by atoms with E-state index in [-0.39, 0.29) is 46.3 Å².